The van der Waals surface area contributed by atoms with Gasteiger partial charge < -0.3 is 0 Å². The smallest absolute Gasteiger partial charge is 0.0480 e. The molecule has 3 heteroatoms. The van der Waals surface area contributed by atoms with Gasteiger partial charge in [0.05, 0.1) is 0 Å². The Hall–Kier alpha value is -0.950. The van der Waals surface area contributed by atoms with Gasteiger partial charge in [-0.05, 0) is 41.0 Å². The molecule has 92 valence electrons. The van der Waals surface area contributed by atoms with Crippen molar-refractivity contribution in [3.8, 4) is 0 Å². The Morgan fingerprint density at radius 3 is 2.22 bits per heavy atom. The topological polar surface area (TPSA) is 0 Å². The standard InChI is InChI=1S/C15H11Cl3/c16-10-13(11-5-7-14(17)8-6-11)9-12-3-1-2-4-15(12)18/h1-9H,10H2. The summed E-state index contributed by atoms with van der Waals surface area (Å²) >= 11 is 18.0. The second-order valence-corrected chi connectivity index (χ2v) is 4.94. The molecule has 0 aliphatic rings. The molecule has 2 aromatic rings. The second-order valence-electron chi connectivity index (χ2n) is 3.83. The highest BCUT2D eigenvalue weighted by Crippen LogP contribution is 2.24. The molecule has 0 amide bonds. The Balaban J connectivity index is 2.40. The third-order valence-corrected chi connectivity index (χ3v) is 3.48. The summed E-state index contributed by atoms with van der Waals surface area (Å²) in [5, 5.41) is 1.43. The van der Waals surface area contributed by atoms with Crippen LogP contribution in [0.4, 0.5) is 0 Å². The van der Waals surface area contributed by atoms with Gasteiger partial charge in [0, 0.05) is 15.9 Å². The Labute approximate surface area is 122 Å². The van der Waals surface area contributed by atoms with Crippen molar-refractivity contribution in [3.63, 3.8) is 0 Å². The number of alkyl halides is 1. The van der Waals surface area contributed by atoms with E-state index in [1.165, 1.54) is 0 Å². The maximum Gasteiger partial charge on any atom is 0.0480 e. The highest BCUT2D eigenvalue weighted by molar-refractivity contribution is 6.32. The molecular weight excluding hydrogens is 287 g/mol. The lowest BCUT2D eigenvalue weighted by molar-refractivity contribution is 1.57. The molecular formula is C15H11Cl3. The van der Waals surface area contributed by atoms with Crippen molar-refractivity contribution in [2.45, 2.75) is 0 Å². The van der Waals surface area contributed by atoms with Gasteiger partial charge >= 0.3 is 0 Å². The molecule has 0 radical (unpaired) electrons. The van der Waals surface area contributed by atoms with Crippen molar-refractivity contribution in [2.75, 3.05) is 5.88 Å². The molecule has 0 N–H and O–H groups in total. The van der Waals surface area contributed by atoms with E-state index in [0.717, 1.165) is 16.7 Å². The minimum atomic E-state index is 0.423. The number of halogens is 3. The summed E-state index contributed by atoms with van der Waals surface area (Å²) < 4.78 is 0. The molecule has 2 aromatic carbocycles. The molecule has 0 bridgehead atoms. The molecule has 18 heavy (non-hydrogen) atoms. The summed E-state index contributed by atoms with van der Waals surface area (Å²) in [6, 6.07) is 15.3. The summed E-state index contributed by atoms with van der Waals surface area (Å²) in [5.74, 6) is 0.423. The lowest BCUT2D eigenvalue weighted by Crippen LogP contribution is -1.86. The third-order valence-electron chi connectivity index (χ3n) is 2.59. The van der Waals surface area contributed by atoms with Crippen LogP contribution >= 0.6 is 34.8 Å². The first-order chi connectivity index (χ1) is 8.70. The van der Waals surface area contributed by atoms with Crippen molar-refractivity contribution in [1.29, 1.82) is 0 Å². The van der Waals surface area contributed by atoms with Crippen LogP contribution in [0.1, 0.15) is 11.1 Å². The van der Waals surface area contributed by atoms with Crippen molar-refractivity contribution in [3.05, 3.63) is 69.7 Å². The normalized spacial score (nSPS) is 11.6. The Morgan fingerprint density at radius 1 is 0.944 bits per heavy atom. The fraction of sp³-hybridized carbons (Fsp3) is 0.0667. The summed E-state index contributed by atoms with van der Waals surface area (Å²) in [4.78, 5) is 0. The molecule has 0 spiro atoms. The Kier molecular flexibility index (Phi) is 4.71. The Morgan fingerprint density at radius 2 is 1.61 bits per heavy atom. The average molecular weight is 298 g/mol. The minimum absolute atomic E-state index is 0.423. The number of allylic oxidation sites excluding steroid dienone is 1. The quantitative estimate of drug-likeness (QED) is 0.498. The number of benzene rings is 2. The molecule has 0 aromatic heterocycles. The van der Waals surface area contributed by atoms with E-state index in [-0.39, 0.29) is 0 Å². The van der Waals surface area contributed by atoms with Crippen LogP contribution in [0.3, 0.4) is 0 Å². The molecule has 0 heterocycles. The van der Waals surface area contributed by atoms with Crippen molar-refractivity contribution < 1.29 is 0 Å². The van der Waals surface area contributed by atoms with Gasteiger partial charge in [0.2, 0.25) is 0 Å². The average Bonchev–Trinajstić information content (AvgIpc) is 2.39. The monoisotopic (exact) mass is 296 g/mol. The second kappa shape index (κ2) is 6.29. The number of rotatable bonds is 3. The van der Waals surface area contributed by atoms with E-state index in [2.05, 4.69) is 0 Å². The van der Waals surface area contributed by atoms with Crippen LogP contribution < -0.4 is 0 Å². The molecule has 0 unspecified atom stereocenters. The lowest BCUT2D eigenvalue weighted by atomic mass is 10.0. The first-order valence-corrected chi connectivity index (χ1v) is 6.77. The SMILES string of the molecule is ClCC(=Cc1ccccc1Cl)c1ccc(Cl)cc1. The maximum absolute atomic E-state index is 6.13. The minimum Gasteiger partial charge on any atom is -0.122 e. The van der Waals surface area contributed by atoms with Crippen LogP contribution in [0, 0.1) is 0 Å². The van der Waals surface area contributed by atoms with Gasteiger partial charge in [-0.1, -0.05) is 53.5 Å². The third kappa shape index (κ3) is 3.29. The molecule has 0 aliphatic heterocycles. The summed E-state index contributed by atoms with van der Waals surface area (Å²) in [7, 11) is 0. The van der Waals surface area contributed by atoms with Gasteiger partial charge in [-0.25, -0.2) is 0 Å². The fourth-order valence-corrected chi connectivity index (χ4v) is 2.19. The van der Waals surface area contributed by atoms with Crippen molar-refractivity contribution in [1.82, 2.24) is 0 Å². The van der Waals surface area contributed by atoms with Crippen LogP contribution in [0.15, 0.2) is 48.5 Å². The molecule has 0 saturated carbocycles. The van der Waals surface area contributed by atoms with Crippen LogP contribution in [0.2, 0.25) is 10.0 Å². The van der Waals surface area contributed by atoms with Gasteiger partial charge in [-0.3, -0.25) is 0 Å². The van der Waals surface area contributed by atoms with Gasteiger partial charge in [-0.15, -0.1) is 11.6 Å². The van der Waals surface area contributed by atoms with Crippen molar-refractivity contribution >= 4 is 46.5 Å². The van der Waals surface area contributed by atoms with Crippen molar-refractivity contribution in [2.24, 2.45) is 0 Å². The van der Waals surface area contributed by atoms with Crippen LogP contribution in [0.5, 0.6) is 0 Å². The summed E-state index contributed by atoms with van der Waals surface area (Å²) in [6.45, 7) is 0. The maximum atomic E-state index is 6.13. The van der Waals surface area contributed by atoms with Gasteiger partial charge in [0.15, 0.2) is 0 Å². The predicted molar refractivity (Wildman–Crippen MR) is 81.5 cm³/mol. The number of hydrogen-bond donors (Lipinski definition) is 0. The van der Waals surface area contributed by atoms with E-state index in [1.54, 1.807) is 0 Å². The molecule has 0 nitrogen and oxygen atoms in total. The van der Waals surface area contributed by atoms with Crippen LogP contribution in [-0.2, 0) is 0 Å². The molecule has 0 fully saturated rings. The predicted octanol–water partition coefficient (Wildman–Crippen LogP) is 5.77. The van der Waals surface area contributed by atoms with E-state index >= 15 is 0 Å². The Bertz CT molecular complexity index is 556. The molecule has 0 atom stereocenters. The van der Waals surface area contributed by atoms with E-state index in [0.29, 0.717) is 15.9 Å². The summed E-state index contributed by atoms with van der Waals surface area (Å²) in [5.41, 5.74) is 3.03. The van der Waals surface area contributed by atoms with Crippen LogP contribution in [0.25, 0.3) is 11.6 Å². The first kappa shape index (κ1) is 13.5. The van der Waals surface area contributed by atoms with Gasteiger partial charge in [-0.2, -0.15) is 0 Å². The first-order valence-electron chi connectivity index (χ1n) is 5.47. The highest BCUT2D eigenvalue weighted by atomic mass is 35.5. The zero-order chi connectivity index (χ0) is 13.0. The fourth-order valence-electron chi connectivity index (χ4n) is 1.64. The molecule has 0 aliphatic carbocycles. The van der Waals surface area contributed by atoms with Gasteiger partial charge in [0.25, 0.3) is 0 Å². The highest BCUT2D eigenvalue weighted by Gasteiger charge is 2.02. The summed E-state index contributed by atoms with van der Waals surface area (Å²) in [6.07, 6.45) is 2.00. The van der Waals surface area contributed by atoms with E-state index < -0.39 is 0 Å². The van der Waals surface area contributed by atoms with E-state index in [4.69, 9.17) is 34.8 Å². The van der Waals surface area contributed by atoms with E-state index in [9.17, 15) is 0 Å². The zero-order valence-electron chi connectivity index (χ0n) is 9.54. The number of hydrogen-bond acceptors (Lipinski definition) is 0. The molecule has 2 rings (SSSR count). The largest absolute Gasteiger partial charge is 0.122 e. The molecule has 0 saturated heterocycles. The van der Waals surface area contributed by atoms with E-state index in [1.807, 2.05) is 54.6 Å². The van der Waals surface area contributed by atoms with Crippen LogP contribution in [-0.4, -0.2) is 5.88 Å². The van der Waals surface area contributed by atoms with Gasteiger partial charge in [0.1, 0.15) is 0 Å². The zero-order valence-corrected chi connectivity index (χ0v) is 11.8. The lowest BCUT2D eigenvalue weighted by Gasteiger charge is -2.05.